The molecule has 0 unspecified atom stereocenters. The highest BCUT2D eigenvalue weighted by atomic mass is 35.5. The number of hydrogen-bond donors (Lipinski definition) is 1. The summed E-state index contributed by atoms with van der Waals surface area (Å²) in [6.07, 6.45) is 8.59. The normalized spacial score (nSPS) is 18.6. The Morgan fingerprint density at radius 2 is 2.32 bits per heavy atom. The maximum atomic E-state index is 12.7. The van der Waals surface area contributed by atoms with Gasteiger partial charge in [-0.25, -0.2) is 9.97 Å². The number of H-pyrrole nitrogens is 1. The Hall–Kier alpha value is -1.66. The average Bonchev–Trinajstić information content (AvgIpc) is 3.18. The van der Waals surface area contributed by atoms with Crippen molar-refractivity contribution in [1.29, 1.82) is 0 Å². The minimum absolute atomic E-state index is 0.00360. The van der Waals surface area contributed by atoms with E-state index in [0.29, 0.717) is 17.5 Å². The van der Waals surface area contributed by atoms with E-state index in [1.165, 1.54) is 0 Å². The number of Topliss-reactive ketones (excluding diaryl/α,β-unsaturated/α-hetero) is 1. The van der Waals surface area contributed by atoms with Crippen molar-refractivity contribution in [3.8, 4) is 0 Å². The summed E-state index contributed by atoms with van der Waals surface area (Å²) in [7, 11) is 1.86. The van der Waals surface area contributed by atoms with Gasteiger partial charge in [0.1, 0.15) is 5.82 Å². The van der Waals surface area contributed by atoms with Gasteiger partial charge in [-0.15, -0.1) is 0 Å². The first kappa shape index (κ1) is 18.1. The van der Waals surface area contributed by atoms with E-state index < -0.39 is 0 Å². The lowest BCUT2D eigenvalue weighted by molar-refractivity contribution is 0.0796. The molecule has 25 heavy (non-hydrogen) atoms. The van der Waals surface area contributed by atoms with Crippen LogP contribution in [-0.2, 0) is 20.0 Å². The second kappa shape index (κ2) is 8.15. The quantitative estimate of drug-likeness (QED) is 0.767. The van der Waals surface area contributed by atoms with E-state index in [-0.39, 0.29) is 11.7 Å². The molecule has 3 heterocycles. The molecule has 1 aliphatic heterocycles. The van der Waals surface area contributed by atoms with Crippen molar-refractivity contribution in [1.82, 2.24) is 24.4 Å². The molecule has 1 saturated heterocycles. The van der Waals surface area contributed by atoms with Crippen LogP contribution in [0.2, 0.25) is 5.15 Å². The van der Waals surface area contributed by atoms with Crippen LogP contribution < -0.4 is 0 Å². The zero-order chi connectivity index (χ0) is 17.8. The zero-order valence-electron chi connectivity index (χ0n) is 15.0. The van der Waals surface area contributed by atoms with Crippen LogP contribution in [0.4, 0.5) is 0 Å². The van der Waals surface area contributed by atoms with Gasteiger partial charge in [-0.2, -0.15) is 0 Å². The number of nitrogens with one attached hydrogen (secondary N) is 1. The van der Waals surface area contributed by atoms with Gasteiger partial charge < -0.3 is 9.55 Å². The highest BCUT2D eigenvalue weighted by Gasteiger charge is 2.29. The molecular formula is C18H26ClN5O. The molecule has 0 aliphatic carbocycles. The van der Waals surface area contributed by atoms with Crippen molar-refractivity contribution in [2.24, 2.45) is 13.0 Å². The number of carbonyl (C=O) groups is 1. The summed E-state index contributed by atoms with van der Waals surface area (Å²) in [6.45, 7) is 4.59. The molecule has 6 nitrogen and oxygen atoms in total. The lowest BCUT2D eigenvalue weighted by Crippen LogP contribution is -2.39. The fraction of sp³-hybridized carbons (Fsp3) is 0.611. The molecule has 7 heteroatoms. The number of imidazole rings is 2. The van der Waals surface area contributed by atoms with Crippen LogP contribution in [0, 0.1) is 5.92 Å². The van der Waals surface area contributed by atoms with Gasteiger partial charge in [0.2, 0.25) is 5.78 Å². The molecule has 0 aromatic carbocycles. The van der Waals surface area contributed by atoms with Gasteiger partial charge in [0.15, 0.2) is 11.0 Å². The number of likely N-dealkylation sites (tertiary alicyclic amines) is 1. The van der Waals surface area contributed by atoms with Crippen molar-refractivity contribution < 1.29 is 4.79 Å². The van der Waals surface area contributed by atoms with Crippen LogP contribution in [0.3, 0.4) is 0 Å². The molecule has 136 valence electrons. The van der Waals surface area contributed by atoms with Crippen molar-refractivity contribution in [3.63, 3.8) is 0 Å². The molecule has 0 bridgehead atoms. The molecule has 0 saturated carbocycles. The number of aromatic nitrogens is 4. The Balaban J connectivity index is 1.63. The largest absolute Gasteiger partial charge is 0.344 e. The van der Waals surface area contributed by atoms with E-state index in [4.69, 9.17) is 11.6 Å². The molecule has 0 amide bonds. The zero-order valence-corrected chi connectivity index (χ0v) is 15.7. The van der Waals surface area contributed by atoms with Crippen molar-refractivity contribution in [2.45, 2.75) is 45.6 Å². The number of piperidine rings is 1. The third-order valence-corrected chi connectivity index (χ3v) is 5.16. The first-order chi connectivity index (χ1) is 12.1. The number of hydrogen-bond acceptors (Lipinski definition) is 4. The van der Waals surface area contributed by atoms with Gasteiger partial charge >= 0.3 is 0 Å². The van der Waals surface area contributed by atoms with E-state index in [2.05, 4.69) is 26.8 Å². The monoisotopic (exact) mass is 363 g/mol. The van der Waals surface area contributed by atoms with E-state index in [9.17, 15) is 4.79 Å². The van der Waals surface area contributed by atoms with E-state index in [1.54, 1.807) is 10.8 Å². The Morgan fingerprint density at radius 3 is 3.04 bits per heavy atom. The van der Waals surface area contributed by atoms with Crippen LogP contribution in [-0.4, -0.2) is 43.3 Å². The summed E-state index contributed by atoms with van der Waals surface area (Å²) in [6, 6.07) is 0. The Labute approximate surface area is 153 Å². The Bertz CT molecular complexity index is 723. The van der Waals surface area contributed by atoms with Gasteiger partial charge in [-0.05, 0) is 25.8 Å². The van der Waals surface area contributed by atoms with Gasteiger partial charge in [-0.3, -0.25) is 9.69 Å². The topological polar surface area (TPSA) is 66.8 Å². The first-order valence-electron chi connectivity index (χ1n) is 9.05. The second-order valence-electron chi connectivity index (χ2n) is 6.86. The minimum atomic E-state index is -0.00360. The number of carbonyl (C=O) groups excluding carboxylic acids is 1. The molecule has 2 aromatic rings. The molecule has 3 rings (SSSR count). The van der Waals surface area contributed by atoms with Gasteiger partial charge in [0, 0.05) is 44.9 Å². The highest BCUT2D eigenvalue weighted by Crippen LogP contribution is 2.23. The molecule has 0 radical (unpaired) electrons. The molecule has 1 aliphatic rings. The summed E-state index contributed by atoms with van der Waals surface area (Å²) in [5.74, 6) is 1.64. The maximum absolute atomic E-state index is 12.7. The molecule has 2 aromatic heterocycles. The number of halogens is 1. The fourth-order valence-electron chi connectivity index (χ4n) is 3.43. The van der Waals surface area contributed by atoms with Crippen LogP contribution in [0.5, 0.6) is 0 Å². The summed E-state index contributed by atoms with van der Waals surface area (Å²) in [4.78, 5) is 27.0. The molecule has 1 N–H and O–H groups in total. The smallest absolute Gasteiger partial charge is 0.202 e. The number of rotatable bonds is 7. The summed E-state index contributed by atoms with van der Waals surface area (Å²) < 4.78 is 1.80. The lowest BCUT2D eigenvalue weighted by Gasteiger charge is -2.31. The van der Waals surface area contributed by atoms with Crippen molar-refractivity contribution in [2.75, 3.05) is 13.1 Å². The fourth-order valence-corrected chi connectivity index (χ4v) is 3.64. The third-order valence-electron chi connectivity index (χ3n) is 4.84. The third kappa shape index (κ3) is 4.30. The predicted octanol–water partition coefficient (Wildman–Crippen LogP) is 3.23. The van der Waals surface area contributed by atoms with E-state index in [0.717, 1.165) is 56.7 Å². The SMILES string of the molecule is CCCCc1nc(Cl)c(CN2CCC[C@@H](C(=O)c3nccn3C)C2)[nH]1. The molecule has 1 atom stereocenters. The summed E-state index contributed by atoms with van der Waals surface area (Å²) in [5.41, 5.74) is 0.956. The lowest BCUT2D eigenvalue weighted by atomic mass is 9.93. The number of ketones is 1. The van der Waals surface area contributed by atoms with Crippen molar-refractivity contribution in [3.05, 3.63) is 34.9 Å². The maximum Gasteiger partial charge on any atom is 0.202 e. The second-order valence-corrected chi connectivity index (χ2v) is 7.21. The van der Waals surface area contributed by atoms with Crippen LogP contribution in [0.15, 0.2) is 12.4 Å². The Kier molecular flexibility index (Phi) is 5.91. The van der Waals surface area contributed by atoms with Crippen molar-refractivity contribution >= 4 is 17.4 Å². The highest BCUT2D eigenvalue weighted by molar-refractivity contribution is 6.30. The van der Waals surface area contributed by atoms with Gasteiger partial charge in [0.05, 0.1) is 5.69 Å². The van der Waals surface area contributed by atoms with E-state index >= 15 is 0 Å². The number of aromatic amines is 1. The molecule has 0 spiro atoms. The Morgan fingerprint density at radius 1 is 1.48 bits per heavy atom. The summed E-state index contributed by atoms with van der Waals surface area (Å²) in [5, 5.41) is 0.559. The van der Waals surface area contributed by atoms with Crippen LogP contribution >= 0.6 is 11.6 Å². The predicted molar refractivity (Wildman–Crippen MR) is 97.7 cm³/mol. The number of aryl methyl sites for hydroxylation is 2. The first-order valence-corrected chi connectivity index (χ1v) is 9.43. The average molecular weight is 364 g/mol. The van der Waals surface area contributed by atoms with E-state index in [1.807, 2.05) is 13.2 Å². The molecule has 1 fully saturated rings. The minimum Gasteiger partial charge on any atom is -0.344 e. The number of nitrogens with zero attached hydrogens (tertiary/aromatic N) is 4. The van der Waals surface area contributed by atoms with Gasteiger partial charge in [-0.1, -0.05) is 24.9 Å². The van der Waals surface area contributed by atoms with Gasteiger partial charge in [0.25, 0.3) is 0 Å². The van der Waals surface area contributed by atoms with Crippen LogP contribution in [0.1, 0.15) is 54.7 Å². The summed E-state index contributed by atoms with van der Waals surface area (Å²) >= 11 is 6.29. The standard InChI is InChI=1S/C18H26ClN5O/c1-3-4-7-15-21-14(17(19)22-15)12-24-9-5-6-13(11-24)16(25)18-20-8-10-23(18)2/h8,10,13H,3-7,9,11-12H2,1-2H3,(H,21,22)/t13-/m1/s1. The molecular weight excluding hydrogens is 338 g/mol. The number of unbranched alkanes of at least 4 members (excludes halogenated alkanes) is 1. The van der Waals surface area contributed by atoms with Crippen LogP contribution in [0.25, 0.3) is 0 Å².